The molecule has 4 rings (SSSR count). The third-order valence-corrected chi connectivity index (χ3v) is 9.20. The number of carbonyl (C=O) groups is 2. The van der Waals surface area contributed by atoms with Crippen molar-refractivity contribution in [2.45, 2.75) is 96.1 Å². The lowest BCUT2D eigenvalue weighted by Crippen LogP contribution is -2.48. The number of carboxylic acid groups (broad SMARTS) is 1. The minimum absolute atomic E-state index is 0.0385. The molecule has 4 unspecified atom stereocenters. The van der Waals surface area contributed by atoms with Gasteiger partial charge in [0.25, 0.3) is 0 Å². The monoisotopic (exact) mass is 631 g/mol. The molecule has 45 heavy (non-hydrogen) atoms. The van der Waals surface area contributed by atoms with Crippen LogP contribution in [0.2, 0.25) is 0 Å². The van der Waals surface area contributed by atoms with Gasteiger partial charge in [0.05, 0.1) is 5.56 Å². The van der Waals surface area contributed by atoms with E-state index < -0.39 is 29.8 Å². The van der Waals surface area contributed by atoms with E-state index in [1.165, 1.54) is 17.7 Å². The first kappa shape index (κ1) is 34.8. The average molecular weight is 632 g/mol. The lowest BCUT2D eigenvalue weighted by Gasteiger charge is -2.39. The molecule has 2 aliphatic rings. The molecule has 1 heterocycles. The van der Waals surface area contributed by atoms with Gasteiger partial charge in [0.2, 0.25) is 0 Å². The van der Waals surface area contributed by atoms with Gasteiger partial charge in [-0.1, -0.05) is 63.2 Å². The fourth-order valence-electron chi connectivity index (χ4n) is 6.99. The first-order valence-electron chi connectivity index (χ1n) is 16.3. The topological polar surface area (TPSA) is 82.1 Å². The first-order valence-corrected chi connectivity index (χ1v) is 16.3. The molecule has 2 aromatic rings. The van der Waals surface area contributed by atoms with Crippen LogP contribution in [0.4, 0.5) is 18.0 Å². The Morgan fingerprint density at radius 2 is 1.71 bits per heavy atom. The second kappa shape index (κ2) is 15.9. The van der Waals surface area contributed by atoms with E-state index in [4.69, 9.17) is 4.74 Å². The molecule has 1 saturated carbocycles. The lowest BCUT2D eigenvalue weighted by atomic mass is 9.88. The molecule has 2 fully saturated rings. The predicted molar refractivity (Wildman–Crippen MR) is 168 cm³/mol. The van der Waals surface area contributed by atoms with E-state index in [0.29, 0.717) is 30.4 Å². The van der Waals surface area contributed by atoms with Gasteiger partial charge in [0.1, 0.15) is 12.6 Å². The number of amides is 1. The zero-order valence-electron chi connectivity index (χ0n) is 26.6. The van der Waals surface area contributed by atoms with Gasteiger partial charge in [-0.05, 0) is 79.5 Å². The van der Waals surface area contributed by atoms with Gasteiger partial charge in [-0.3, -0.25) is 4.79 Å². The molecule has 4 atom stereocenters. The van der Waals surface area contributed by atoms with Crippen molar-refractivity contribution < 1.29 is 32.6 Å². The molecule has 10 heteroatoms. The Balaban J connectivity index is 1.33. The molecule has 1 amide bonds. The quantitative estimate of drug-likeness (QED) is 0.244. The maximum atomic E-state index is 13.1. The number of ether oxygens (including phenoxy) is 1. The third-order valence-electron chi connectivity index (χ3n) is 9.20. The number of nitrogens with zero attached hydrogens (tertiary/aromatic N) is 2. The largest absolute Gasteiger partial charge is 0.480 e. The molecule has 2 N–H and O–H groups in total. The number of likely N-dealkylation sites (tertiary alicyclic amines) is 1. The van der Waals surface area contributed by atoms with Crippen LogP contribution in [0.1, 0.15) is 81.9 Å². The van der Waals surface area contributed by atoms with Crippen LogP contribution < -0.4 is 5.32 Å². The Morgan fingerprint density at radius 1 is 1.04 bits per heavy atom. The second-order valence-electron chi connectivity index (χ2n) is 13.1. The average Bonchev–Trinajstić information content (AvgIpc) is 3.40. The fourth-order valence-corrected chi connectivity index (χ4v) is 6.99. The van der Waals surface area contributed by atoms with E-state index in [-0.39, 0.29) is 24.6 Å². The van der Waals surface area contributed by atoms with E-state index in [0.717, 1.165) is 63.9 Å². The molecule has 0 aromatic heterocycles. The van der Waals surface area contributed by atoms with Crippen molar-refractivity contribution in [1.29, 1.82) is 0 Å². The van der Waals surface area contributed by atoms with Crippen molar-refractivity contribution in [1.82, 2.24) is 15.1 Å². The molecule has 1 aliphatic carbocycles. The highest BCUT2D eigenvalue weighted by molar-refractivity contribution is 5.73. The van der Waals surface area contributed by atoms with Crippen LogP contribution in [0.15, 0.2) is 54.6 Å². The Bertz CT molecular complexity index is 1220. The standard InChI is InChI=1S/C35H48F3N3O4/c1-4-16-41(34(44)45-23-25-10-12-28(13-11-25)35(36,37)38)30-14-17-40(18-15-30)22-27-20-29(39-32(33(42)43)19-24(2)3)21-31(27)26-8-6-5-7-9-26/h5-13,24,27,29-32,39H,4,14-23H2,1-3H3,(H,42,43). The molecular weight excluding hydrogens is 583 g/mol. The number of benzene rings is 2. The zero-order valence-corrected chi connectivity index (χ0v) is 26.6. The van der Waals surface area contributed by atoms with Gasteiger partial charge in [-0.2, -0.15) is 13.2 Å². The normalized spacial score (nSPS) is 22.0. The summed E-state index contributed by atoms with van der Waals surface area (Å²) in [6.07, 6.45) is -0.0115. The van der Waals surface area contributed by atoms with Crippen molar-refractivity contribution in [3.8, 4) is 0 Å². The summed E-state index contributed by atoms with van der Waals surface area (Å²) in [4.78, 5) is 29.3. The number of nitrogens with one attached hydrogen (secondary N) is 1. The van der Waals surface area contributed by atoms with E-state index in [9.17, 15) is 27.9 Å². The molecule has 0 radical (unpaired) electrons. The zero-order chi connectivity index (χ0) is 32.6. The van der Waals surface area contributed by atoms with Crippen LogP contribution >= 0.6 is 0 Å². The number of hydrogen-bond acceptors (Lipinski definition) is 5. The van der Waals surface area contributed by atoms with Gasteiger partial charge in [0.15, 0.2) is 0 Å². The number of hydrogen-bond donors (Lipinski definition) is 2. The number of alkyl halides is 3. The molecule has 7 nitrogen and oxygen atoms in total. The maximum absolute atomic E-state index is 13.1. The van der Waals surface area contributed by atoms with Crippen molar-refractivity contribution in [2.75, 3.05) is 26.2 Å². The maximum Gasteiger partial charge on any atom is 0.416 e. The molecule has 1 aliphatic heterocycles. The number of aliphatic carboxylic acids is 1. The number of carbonyl (C=O) groups excluding carboxylic acids is 1. The molecular formula is C35H48F3N3O4. The molecule has 0 spiro atoms. The fraction of sp³-hybridized carbons (Fsp3) is 0.600. The van der Waals surface area contributed by atoms with E-state index in [1.54, 1.807) is 4.90 Å². The molecule has 2 aromatic carbocycles. The summed E-state index contributed by atoms with van der Waals surface area (Å²) < 4.78 is 44.2. The van der Waals surface area contributed by atoms with E-state index in [1.807, 2.05) is 26.8 Å². The Labute approximate surface area is 265 Å². The van der Waals surface area contributed by atoms with E-state index >= 15 is 0 Å². The van der Waals surface area contributed by atoms with Crippen LogP contribution in [-0.4, -0.2) is 71.3 Å². The third kappa shape index (κ3) is 9.94. The van der Waals surface area contributed by atoms with Crippen LogP contribution in [0.3, 0.4) is 0 Å². The first-order chi connectivity index (χ1) is 21.4. The highest BCUT2D eigenvalue weighted by Gasteiger charge is 2.39. The van der Waals surface area contributed by atoms with Crippen LogP contribution in [0.5, 0.6) is 0 Å². The van der Waals surface area contributed by atoms with Gasteiger partial charge < -0.3 is 25.0 Å². The number of carboxylic acids is 1. The summed E-state index contributed by atoms with van der Waals surface area (Å²) in [6.45, 7) is 9.19. The van der Waals surface area contributed by atoms with Gasteiger partial charge in [0, 0.05) is 38.3 Å². The highest BCUT2D eigenvalue weighted by Crippen LogP contribution is 2.41. The summed E-state index contributed by atoms with van der Waals surface area (Å²) in [6, 6.07) is 14.8. The highest BCUT2D eigenvalue weighted by atomic mass is 19.4. The lowest BCUT2D eigenvalue weighted by molar-refractivity contribution is -0.140. The van der Waals surface area contributed by atoms with Crippen molar-refractivity contribution >= 4 is 12.1 Å². The predicted octanol–water partition coefficient (Wildman–Crippen LogP) is 7.17. The SMILES string of the molecule is CCCN(C(=O)OCc1ccc(C(F)(F)F)cc1)C1CCN(CC2CC(NC(CC(C)C)C(=O)O)CC2c2ccccc2)CC1. The van der Waals surface area contributed by atoms with Crippen LogP contribution in [-0.2, 0) is 22.3 Å². The molecule has 1 saturated heterocycles. The van der Waals surface area contributed by atoms with Crippen molar-refractivity contribution in [3.05, 3.63) is 71.3 Å². The number of halogens is 3. The van der Waals surface area contributed by atoms with Crippen LogP contribution in [0.25, 0.3) is 0 Å². The van der Waals surface area contributed by atoms with Crippen LogP contribution in [0, 0.1) is 11.8 Å². The van der Waals surface area contributed by atoms with Gasteiger partial charge in [-0.25, -0.2) is 4.79 Å². The Kier molecular flexibility index (Phi) is 12.3. The number of piperidine rings is 1. The minimum Gasteiger partial charge on any atom is -0.480 e. The van der Waals surface area contributed by atoms with E-state index in [2.05, 4.69) is 34.5 Å². The number of rotatable bonds is 13. The summed E-state index contributed by atoms with van der Waals surface area (Å²) >= 11 is 0. The van der Waals surface area contributed by atoms with Crippen molar-refractivity contribution in [3.63, 3.8) is 0 Å². The smallest absolute Gasteiger partial charge is 0.416 e. The van der Waals surface area contributed by atoms with Gasteiger partial charge >= 0.3 is 18.2 Å². The van der Waals surface area contributed by atoms with Gasteiger partial charge in [-0.15, -0.1) is 0 Å². The summed E-state index contributed by atoms with van der Waals surface area (Å²) in [5.74, 6) is 0.221. The summed E-state index contributed by atoms with van der Waals surface area (Å²) in [7, 11) is 0. The second-order valence-corrected chi connectivity index (χ2v) is 13.1. The van der Waals surface area contributed by atoms with Crippen molar-refractivity contribution in [2.24, 2.45) is 11.8 Å². The minimum atomic E-state index is -4.41. The Hall–Kier alpha value is -3.11. The molecule has 0 bridgehead atoms. The molecule has 248 valence electrons. The summed E-state index contributed by atoms with van der Waals surface area (Å²) in [5.41, 5.74) is 1.08. The summed E-state index contributed by atoms with van der Waals surface area (Å²) in [5, 5.41) is 13.3. The Morgan fingerprint density at radius 3 is 2.29 bits per heavy atom.